The van der Waals surface area contributed by atoms with E-state index in [0.29, 0.717) is 23.6 Å². The predicted octanol–water partition coefficient (Wildman–Crippen LogP) is 3.96. The highest BCUT2D eigenvalue weighted by molar-refractivity contribution is 6.17. The fourth-order valence-corrected chi connectivity index (χ4v) is 2.57. The first kappa shape index (κ1) is 14.0. The van der Waals surface area contributed by atoms with E-state index in [4.69, 9.17) is 11.6 Å². The molecule has 5 heteroatoms. The van der Waals surface area contributed by atoms with E-state index in [2.05, 4.69) is 9.97 Å². The molecular weight excluding hydrogens is 289 g/mol. The Morgan fingerprint density at radius 3 is 2.67 bits per heavy atom. The van der Waals surface area contributed by atoms with Gasteiger partial charge in [0.15, 0.2) is 5.65 Å². The molecule has 0 bridgehead atoms. The predicted molar refractivity (Wildman–Crippen MR) is 82.7 cm³/mol. The average Bonchev–Trinajstić information content (AvgIpc) is 2.77. The number of hydrogen-bond acceptors (Lipinski definition) is 2. The normalized spacial score (nSPS) is 11.2. The Labute approximate surface area is 127 Å². The van der Waals surface area contributed by atoms with Crippen molar-refractivity contribution in [2.45, 2.75) is 20.3 Å². The van der Waals surface area contributed by atoms with Crippen molar-refractivity contribution < 1.29 is 4.39 Å². The molecule has 0 aliphatic heterocycles. The van der Waals surface area contributed by atoms with E-state index >= 15 is 0 Å². The third-order valence-electron chi connectivity index (χ3n) is 3.38. The summed E-state index contributed by atoms with van der Waals surface area (Å²) in [4.78, 5) is 9.04. The fourth-order valence-electron chi connectivity index (χ4n) is 2.40. The lowest BCUT2D eigenvalue weighted by Crippen LogP contribution is -2.05. The van der Waals surface area contributed by atoms with Crippen LogP contribution in [-0.4, -0.2) is 20.4 Å². The highest BCUT2D eigenvalue weighted by Gasteiger charge is 2.16. The minimum absolute atomic E-state index is 0.284. The average molecular weight is 304 g/mol. The summed E-state index contributed by atoms with van der Waals surface area (Å²) in [5.74, 6) is 0.866. The maximum atomic E-state index is 14.4. The van der Waals surface area contributed by atoms with Crippen LogP contribution in [0.2, 0.25) is 0 Å². The molecule has 0 radical (unpaired) electrons. The molecule has 0 N–H and O–H groups in total. The maximum absolute atomic E-state index is 14.4. The number of rotatable bonds is 3. The Bertz CT molecular complexity index is 811. The summed E-state index contributed by atoms with van der Waals surface area (Å²) in [5.41, 5.74) is 3.62. The molecule has 21 heavy (non-hydrogen) atoms. The van der Waals surface area contributed by atoms with Gasteiger partial charge in [-0.05, 0) is 43.7 Å². The van der Waals surface area contributed by atoms with Crippen molar-refractivity contribution >= 4 is 22.8 Å². The van der Waals surface area contributed by atoms with Crippen LogP contribution in [0.1, 0.15) is 17.1 Å². The molecule has 108 valence electrons. The zero-order valence-electron chi connectivity index (χ0n) is 11.9. The first-order chi connectivity index (χ1) is 10.1. The second-order valence-electron chi connectivity index (χ2n) is 5.05. The quantitative estimate of drug-likeness (QED) is 0.686. The van der Waals surface area contributed by atoms with Crippen molar-refractivity contribution in [3.05, 3.63) is 53.2 Å². The second kappa shape index (κ2) is 5.45. The van der Waals surface area contributed by atoms with Crippen LogP contribution in [0.15, 0.2) is 30.3 Å². The highest BCUT2D eigenvalue weighted by atomic mass is 35.5. The number of nitrogens with zero attached hydrogens (tertiary/aromatic N) is 3. The van der Waals surface area contributed by atoms with Gasteiger partial charge in [0.25, 0.3) is 0 Å². The third kappa shape index (κ3) is 2.51. The van der Waals surface area contributed by atoms with Gasteiger partial charge in [-0.15, -0.1) is 11.6 Å². The van der Waals surface area contributed by atoms with Crippen molar-refractivity contribution in [1.82, 2.24) is 14.5 Å². The lowest BCUT2D eigenvalue weighted by molar-refractivity contribution is 0.615. The van der Waals surface area contributed by atoms with Gasteiger partial charge in [-0.2, -0.15) is 0 Å². The number of halogens is 2. The van der Waals surface area contributed by atoms with Crippen LogP contribution in [0, 0.1) is 19.7 Å². The SMILES string of the molecule is Cc1ccc(-n2c(CCCl)nc3ccc(C)nc32)c(F)c1. The van der Waals surface area contributed by atoms with Crippen LogP contribution in [0.3, 0.4) is 0 Å². The van der Waals surface area contributed by atoms with Gasteiger partial charge in [0, 0.05) is 18.0 Å². The first-order valence-corrected chi connectivity index (χ1v) is 7.31. The van der Waals surface area contributed by atoms with E-state index in [9.17, 15) is 4.39 Å². The van der Waals surface area contributed by atoms with Gasteiger partial charge < -0.3 is 0 Å². The Hall–Kier alpha value is -1.94. The minimum atomic E-state index is -0.284. The van der Waals surface area contributed by atoms with Gasteiger partial charge in [0.05, 0.1) is 5.69 Å². The lowest BCUT2D eigenvalue weighted by Gasteiger charge is -2.10. The van der Waals surface area contributed by atoms with Gasteiger partial charge in [0.1, 0.15) is 17.2 Å². The number of aryl methyl sites for hydroxylation is 3. The Morgan fingerprint density at radius 2 is 1.95 bits per heavy atom. The van der Waals surface area contributed by atoms with Crippen LogP contribution in [0.4, 0.5) is 4.39 Å². The van der Waals surface area contributed by atoms with Crippen molar-refractivity contribution in [2.75, 3.05) is 5.88 Å². The Balaban J connectivity index is 2.32. The van der Waals surface area contributed by atoms with Gasteiger partial charge in [-0.25, -0.2) is 14.4 Å². The molecule has 3 nitrogen and oxygen atoms in total. The monoisotopic (exact) mass is 303 g/mol. The van der Waals surface area contributed by atoms with E-state index in [1.54, 1.807) is 10.6 Å². The van der Waals surface area contributed by atoms with E-state index in [1.165, 1.54) is 6.07 Å². The third-order valence-corrected chi connectivity index (χ3v) is 3.56. The summed E-state index contributed by atoms with van der Waals surface area (Å²) in [6, 6.07) is 8.95. The number of imidazole rings is 1. The molecule has 0 amide bonds. The van der Waals surface area contributed by atoms with Crippen LogP contribution >= 0.6 is 11.6 Å². The zero-order chi connectivity index (χ0) is 15.0. The summed E-state index contributed by atoms with van der Waals surface area (Å²) in [5, 5.41) is 0. The van der Waals surface area contributed by atoms with Gasteiger partial charge in [0.2, 0.25) is 0 Å². The number of fused-ring (bicyclic) bond motifs is 1. The molecule has 0 unspecified atom stereocenters. The van der Waals surface area contributed by atoms with Crippen LogP contribution in [0.25, 0.3) is 16.9 Å². The summed E-state index contributed by atoms with van der Waals surface area (Å²) < 4.78 is 16.1. The lowest BCUT2D eigenvalue weighted by atomic mass is 10.2. The largest absolute Gasteiger partial charge is 0.278 e. The van der Waals surface area contributed by atoms with E-state index < -0.39 is 0 Å². The summed E-state index contributed by atoms with van der Waals surface area (Å²) >= 11 is 5.85. The van der Waals surface area contributed by atoms with E-state index in [0.717, 1.165) is 22.6 Å². The molecule has 2 heterocycles. The topological polar surface area (TPSA) is 30.7 Å². The number of alkyl halides is 1. The van der Waals surface area contributed by atoms with Crippen LogP contribution in [-0.2, 0) is 6.42 Å². The van der Waals surface area contributed by atoms with Crippen LogP contribution in [0.5, 0.6) is 0 Å². The van der Waals surface area contributed by atoms with Crippen molar-refractivity contribution in [2.24, 2.45) is 0 Å². The first-order valence-electron chi connectivity index (χ1n) is 6.77. The zero-order valence-corrected chi connectivity index (χ0v) is 12.7. The van der Waals surface area contributed by atoms with Gasteiger partial charge in [-0.3, -0.25) is 4.57 Å². The number of aromatic nitrogens is 3. The summed E-state index contributed by atoms with van der Waals surface area (Å²) in [7, 11) is 0. The fraction of sp³-hybridized carbons (Fsp3) is 0.250. The van der Waals surface area contributed by atoms with E-state index in [-0.39, 0.29) is 5.82 Å². The summed E-state index contributed by atoms with van der Waals surface area (Å²) in [6.07, 6.45) is 0.560. The molecule has 0 saturated carbocycles. The molecule has 1 aromatic carbocycles. The van der Waals surface area contributed by atoms with Gasteiger partial charge >= 0.3 is 0 Å². The van der Waals surface area contributed by atoms with E-state index in [1.807, 2.05) is 32.0 Å². The highest BCUT2D eigenvalue weighted by Crippen LogP contribution is 2.23. The summed E-state index contributed by atoms with van der Waals surface area (Å²) in [6.45, 7) is 3.77. The van der Waals surface area contributed by atoms with Crippen LogP contribution < -0.4 is 0 Å². The molecule has 0 aliphatic rings. The standard InChI is InChI=1S/C16H15ClFN3/c1-10-3-6-14(12(18)9-10)21-15(7-8-17)20-13-5-4-11(2)19-16(13)21/h3-6,9H,7-8H2,1-2H3. The van der Waals surface area contributed by atoms with Crippen molar-refractivity contribution in [1.29, 1.82) is 0 Å². The number of pyridine rings is 1. The molecule has 0 saturated heterocycles. The van der Waals surface area contributed by atoms with Crippen molar-refractivity contribution in [3.8, 4) is 5.69 Å². The molecule has 3 aromatic rings. The molecule has 0 aliphatic carbocycles. The Morgan fingerprint density at radius 1 is 1.14 bits per heavy atom. The molecule has 0 spiro atoms. The smallest absolute Gasteiger partial charge is 0.165 e. The Kier molecular flexibility index (Phi) is 3.64. The molecule has 3 rings (SSSR count). The second-order valence-corrected chi connectivity index (χ2v) is 5.43. The molecular formula is C16H15ClFN3. The molecule has 2 aromatic heterocycles. The number of benzene rings is 1. The van der Waals surface area contributed by atoms with Gasteiger partial charge in [-0.1, -0.05) is 6.07 Å². The molecule has 0 atom stereocenters. The minimum Gasteiger partial charge on any atom is -0.278 e. The number of hydrogen-bond donors (Lipinski definition) is 0. The maximum Gasteiger partial charge on any atom is 0.165 e. The van der Waals surface area contributed by atoms with Crippen molar-refractivity contribution in [3.63, 3.8) is 0 Å². The molecule has 0 fully saturated rings.